The normalized spacial score (nSPS) is 24.1. The van der Waals surface area contributed by atoms with E-state index in [2.05, 4.69) is 15.6 Å². The molecule has 1 aromatic heterocycles. The standard InChI is InChI=1S/C17H18FN3OS.2ClH/c18-14-4-2-1-3-13(14)17-21-15(9-23-17)16(22)20-12-7-10-5-6-11(8-12)19-10;;/h1-4,9-12,19H,5-8H2,(H,20,22);2*1H. The van der Waals surface area contributed by atoms with E-state index in [1.54, 1.807) is 23.6 Å². The SMILES string of the molecule is Cl.Cl.O=C(NC1CC2CCC(C1)N2)c1csc(-c2ccccc2F)n1. The number of carbonyl (C=O) groups is 1. The van der Waals surface area contributed by atoms with Crippen LogP contribution in [0.25, 0.3) is 10.6 Å². The summed E-state index contributed by atoms with van der Waals surface area (Å²) in [4.78, 5) is 16.7. The molecular formula is C17H20Cl2FN3OS. The number of halogens is 3. The minimum absolute atomic E-state index is 0. The van der Waals surface area contributed by atoms with Crippen LogP contribution >= 0.6 is 36.2 Å². The molecule has 2 saturated heterocycles. The van der Waals surface area contributed by atoms with Crippen LogP contribution in [0.15, 0.2) is 29.6 Å². The van der Waals surface area contributed by atoms with E-state index in [1.165, 1.54) is 30.2 Å². The van der Waals surface area contributed by atoms with Crippen molar-refractivity contribution in [3.05, 3.63) is 41.2 Å². The Morgan fingerprint density at radius 3 is 2.56 bits per heavy atom. The van der Waals surface area contributed by atoms with E-state index in [4.69, 9.17) is 0 Å². The number of benzene rings is 1. The summed E-state index contributed by atoms with van der Waals surface area (Å²) >= 11 is 1.30. The van der Waals surface area contributed by atoms with Crippen molar-refractivity contribution in [2.75, 3.05) is 0 Å². The molecule has 2 aliphatic rings. The van der Waals surface area contributed by atoms with Gasteiger partial charge in [-0.05, 0) is 37.8 Å². The van der Waals surface area contributed by atoms with Crippen molar-refractivity contribution in [1.29, 1.82) is 0 Å². The van der Waals surface area contributed by atoms with E-state index in [9.17, 15) is 9.18 Å². The molecule has 2 unspecified atom stereocenters. The predicted molar refractivity (Wildman–Crippen MR) is 102 cm³/mol. The lowest BCUT2D eigenvalue weighted by atomic mass is 10.00. The summed E-state index contributed by atoms with van der Waals surface area (Å²) < 4.78 is 13.8. The number of carbonyl (C=O) groups excluding carboxylic acids is 1. The molecule has 136 valence electrons. The minimum Gasteiger partial charge on any atom is -0.348 e. The van der Waals surface area contributed by atoms with Crippen molar-refractivity contribution in [3.63, 3.8) is 0 Å². The highest BCUT2D eigenvalue weighted by molar-refractivity contribution is 7.13. The number of hydrogen-bond acceptors (Lipinski definition) is 4. The van der Waals surface area contributed by atoms with Gasteiger partial charge in [-0.3, -0.25) is 4.79 Å². The molecule has 2 aromatic rings. The second-order valence-corrected chi connectivity index (χ2v) is 7.16. The third kappa shape index (κ3) is 4.31. The fourth-order valence-corrected chi connectivity index (χ4v) is 4.40. The van der Waals surface area contributed by atoms with E-state index >= 15 is 0 Å². The van der Waals surface area contributed by atoms with Crippen LogP contribution in [0.1, 0.15) is 36.2 Å². The Bertz CT molecular complexity index is 730. The molecule has 2 atom stereocenters. The van der Waals surface area contributed by atoms with Crippen LogP contribution in [-0.4, -0.2) is 29.0 Å². The molecule has 1 amide bonds. The number of piperidine rings is 1. The van der Waals surface area contributed by atoms with Gasteiger partial charge in [0.1, 0.15) is 16.5 Å². The monoisotopic (exact) mass is 403 g/mol. The molecule has 2 N–H and O–H groups in total. The largest absolute Gasteiger partial charge is 0.348 e. The van der Waals surface area contributed by atoms with Gasteiger partial charge in [0, 0.05) is 29.1 Å². The summed E-state index contributed by atoms with van der Waals surface area (Å²) in [5.74, 6) is -0.473. The second-order valence-electron chi connectivity index (χ2n) is 6.30. The number of aromatic nitrogens is 1. The first-order chi connectivity index (χ1) is 11.2. The highest BCUT2D eigenvalue weighted by Gasteiger charge is 2.34. The molecule has 0 spiro atoms. The van der Waals surface area contributed by atoms with Crippen LogP contribution in [0.2, 0.25) is 0 Å². The van der Waals surface area contributed by atoms with E-state index in [-0.39, 0.29) is 42.6 Å². The Labute approximate surface area is 162 Å². The highest BCUT2D eigenvalue weighted by Crippen LogP contribution is 2.28. The van der Waals surface area contributed by atoms with Crippen molar-refractivity contribution in [2.45, 2.75) is 43.8 Å². The van der Waals surface area contributed by atoms with Crippen LogP contribution in [0, 0.1) is 5.82 Å². The Kier molecular flexibility index (Phi) is 6.79. The Balaban J connectivity index is 0.00000113. The van der Waals surface area contributed by atoms with Gasteiger partial charge in [0.05, 0.1) is 0 Å². The van der Waals surface area contributed by atoms with Gasteiger partial charge < -0.3 is 10.6 Å². The number of thiazole rings is 1. The summed E-state index contributed by atoms with van der Waals surface area (Å²) in [5, 5.41) is 8.89. The third-order valence-electron chi connectivity index (χ3n) is 4.65. The Hall–Kier alpha value is -1.21. The average Bonchev–Trinajstić information content (AvgIpc) is 3.15. The van der Waals surface area contributed by atoms with E-state index in [0.717, 1.165) is 12.8 Å². The van der Waals surface area contributed by atoms with Gasteiger partial charge in [0.2, 0.25) is 0 Å². The highest BCUT2D eigenvalue weighted by atomic mass is 35.5. The first-order valence-corrected chi connectivity index (χ1v) is 8.84. The number of rotatable bonds is 3. The van der Waals surface area contributed by atoms with Gasteiger partial charge in [0.25, 0.3) is 5.91 Å². The molecule has 25 heavy (non-hydrogen) atoms. The lowest BCUT2D eigenvalue weighted by molar-refractivity contribution is 0.0919. The van der Waals surface area contributed by atoms with Crippen molar-refractivity contribution in [2.24, 2.45) is 0 Å². The van der Waals surface area contributed by atoms with Gasteiger partial charge in [-0.25, -0.2) is 9.37 Å². The van der Waals surface area contributed by atoms with Crippen LogP contribution in [-0.2, 0) is 0 Å². The maximum absolute atomic E-state index is 13.8. The summed E-state index contributed by atoms with van der Waals surface area (Å²) in [6.45, 7) is 0. The maximum Gasteiger partial charge on any atom is 0.270 e. The summed E-state index contributed by atoms with van der Waals surface area (Å²) in [6, 6.07) is 7.77. The van der Waals surface area contributed by atoms with Crippen molar-refractivity contribution < 1.29 is 9.18 Å². The Morgan fingerprint density at radius 2 is 1.88 bits per heavy atom. The van der Waals surface area contributed by atoms with E-state index in [0.29, 0.717) is 28.3 Å². The molecule has 4 rings (SSSR count). The molecule has 1 aromatic carbocycles. The fraction of sp³-hybridized carbons (Fsp3) is 0.412. The molecule has 0 saturated carbocycles. The van der Waals surface area contributed by atoms with Gasteiger partial charge in [0.15, 0.2) is 0 Å². The third-order valence-corrected chi connectivity index (χ3v) is 5.52. The quantitative estimate of drug-likeness (QED) is 0.818. The van der Waals surface area contributed by atoms with Gasteiger partial charge >= 0.3 is 0 Å². The molecule has 0 radical (unpaired) electrons. The summed E-state index contributed by atoms with van der Waals surface area (Å²) in [5.41, 5.74) is 0.815. The number of nitrogens with one attached hydrogen (secondary N) is 2. The zero-order chi connectivity index (χ0) is 15.8. The van der Waals surface area contributed by atoms with Crippen molar-refractivity contribution >= 4 is 42.1 Å². The predicted octanol–water partition coefficient (Wildman–Crippen LogP) is 3.81. The number of amides is 1. The van der Waals surface area contributed by atoms with E-state index in [1.807, 2.05) is 0 Å². The number of nitrogens with zero attached hydrogens (tertiary/aromatic N) is 1. The van der Waals surface area contributed by atoms with E-state index < -0.39 is 0 Å². The molecule has 3 heterocycles. The first kappa shape index (κ1) is 20.1. The summed E-state index contributed by atoms with van der Waals surface area (Å²) in [7, 11) is 0. The van der Waals surface area contributed by atoms with Gasteiger partial charge in [-0.2, -0.15) is 0 Å². The molecule has 4 nitrogen and oxygen atoms in total. The fourth-order valence-electron chi connectivity index (χ4n) is 3.57. The molecule has 2 bridgehead atoms. The molecular weight excluding hydrogens is 384 g/mol. The van der Waals surface area contributed by atoms with Crippen LogP contribution < -0.4 is 10.6 Å². The first-order valence-electron chi connectivity index (χ1n) is 7.96. The average molecular weight is 404 g/mol. The zero-order valence-corrected chi connectivity index (χ0v) is 15.9. The van der Waals surface area contributed by atoms with Gasteiger partial charge in [-0.1, -0.05) is 12.1 Å². The topological polar surface area (TPSA) is 54.0 Å². The molecule has 8 heteroatoms. The van der Waals surface area contributed by atoms with Crippen LogP contribution in [0.5, 0.6) is 0 Å². The number of fused-ring (bicyclic) bond motifs is 2. The lowest BCUT2D eigenvalue weighted by Gasteiger charge is -2.29. The van der Waals surface area contributed by atoms with Crippen molar-refractivity contribution in [1.82, 2.24) is 15.6 Å². The molecule has 2 fully saturated rings. The lowest BCUT2D eigenvalue weighted by Crippen LogP contribution is -2.48. The van der Waals surface area contributed by atoms with Crippen LogP contribution in [0.4, 0.5) is 4.39 Å². The summed E-state index contributed by atoms with van der Waals surface area (Å²) in [6.07, 6.45) is 4.36. The minimum atomic E-state index is -0.316. The second kappa shape index (κ2) is 8.45. The maximum atomic E-state index is 13.8. The van der Waals surface area contributed by atoms with Crippen molar-refractivity contribution in [3.8, 4) is 10.6 Å². The van der Waals surface area contributed by atoms with Crippen LogP contribution in [0.3, 0.4) is 0 Å². The molecule has 0 aliphatic carbocycles. The Morgan fingerprint density at radius 1 is 1.20 bits per heavy atom. The number of hydrogen-bond donors (Lipinski definition) is 2. The van der Waals surface area contributed by atoms with Gasteiger partial charge in [-0.15, -0.1) is 36.2 Å². The molecule has 2 aliphatic heterocycles. The zero-order valence-electron chi connectivity index (χ0n) is 13.4. The smallest absolute Gasteiger partial charge is 0.270 e.